The van der Waals surface area contributed by atoms with E-state index in [0.29, 0.717) is 0 Å². The highest BCUT2D eigenvalue weighted by Crippen LogP contribution is 2.44. The molecule has 0 fully saturated rings. The van der Waals surface area contributed by atoms with Gasteiger partial charge in [-0.2, -0.15) is 0 Å². The Morgan fingerprint density at radius 1 is 0.395 bits per heavy atom. The standard InChI is InChI=1S/C33H27O4P/c1-35-28-10-4-25-19-31(13-7-22(25)16-28)38(34,32-14-8-23-17-29(36-2)11-5-26(23)20-32)33-15-9-24-18-30(37-3)12-6-27(24)21-33/h4-21H,1-3H3. The topological polar surface area (TPSA) is 44.8 Å². The van der Waals surface area contributed by atoms with E-state index in [1.54, 1.807) is 21.3 Å². The molecule has 38 heavy (non-hydrogen) atoms. The van der Waals surface area contributed by atoms with E-state index in [4.69, 9.17) is 14.2 Å². The van der Waals surface area contributed by atoms with Gasteiger partial charge in [-0.25, -0.2) is 0 Å². The van der Waals surface area contributed by atoms with Gasteiger partial charge in [0.15, 0.2) is 7.14 Å². The molecular weight excluding hydrogens is 491 g/mol. The summed E-state index contributed by atoms with van der Waals surface area (Å²) < 4.78 is 31.6. The number of methoxy groups -OCH3 is 3. The van der Waals surface area contributed by atoms with E-state index in [1.807, 2.05) is 109 Å². The highest BCUT2D eigenvalue weighted by Gasteiger charge is 2.30. The number of fused-ring (bicyclic) bond motifs is 3. The van der Waals surface area contributed by atoms with Gasteiger partial charge in [-0.1, -0.05) is 54.6 Å². The molecule has 0 radical (unpaired) electrons. The van der Waals surface area contributed by atoms with Crippen LogP contribution in [-0.2, 0) is 4.57 Å². The van der Waals surface area contributed by atoms with Gasteiger partial charge in [0.1, 0.15) is 17.2 Å². The maximum Gasteiger partial charge on any atom is 0.171 e. The van der Waals surface area contributed by atoms with E-state index >= 15 is 4.57 Å². The van der Waals surface area contributed by atoms with Crippen LogP contribution in [0.4, 0.5) is 0 Å². The summed E-state index contributed by atoms with van der Waals surface area (Å²) in [5, 5.41) is 8.52. The van der Waals surface area contributed by atoms with Crippen LogP contribution in [0.25, 0.3) is 32.3 Å². The predicted octanol–water partition coefficient (Wildman–Crippen LogP) is 6.81. The van der Waals surface area contributed by atoms with Crippen LogP contribution >= 0.6 is 7.14 Å². The molecule has 0 spiro atoms. The summed E-state index contributed by atoms with van der Waals surface area (Å²) in [6.45, 7) is 0. The third kappa shape index (κ3) is 4.08. The molecule has 0 saturated heterocycles. The summed E-state index contributed by atoms with van der Waals surface area (Å²) in [4.78, 5) is 0. The molecule has 0 aliphatic carbocycles. The lowest BCUT2D eigenvalue weighted by atomic mass is 10.1. The van der Waals surface area contributed by atoms with Crippen LogP contribution in [0.15, 0.2) is 109 Å². The summed E-state index contributed by atoms with van der Waals surface area (Å²) in [6.07, 6.45) is 0. The minimum absolute atomic E-state index is 0.788. The molecule has 0 saturated carbocycles. The molecular formula is C33H27O4P. The van der Waals surface area contributed by atoms with Gasteiger partial charge in [0.2, 0.25) is 0 Å². The van der Waals surface area contributed by atoms with Crippen LogP contribution in [0.2, 0.25) is 0 Å². The molecule has 6 aromatic rings. The molecule has 6 rings (SSSR count). The van der Waals surface area contributed by atoms with Crippen molar-refractivity contribution in [2.75, 3.05) is 21.3 Å². The molecule has 0 aromatic heterocycles. The van der Waals surface area contributed by atoms with Gasteiger partial charge in [-0.15, -0.1) is 0 Å². The largest absolute Gasteiger partial charge is 0.497 e. The predicted molar refractivity (Wildman–Crippen MR) is 158 cm³/mol. The van der Waals surface area contributed by atoms with E-state index in [9.17, 15) is 0 Å². The van der Waals surface area contributed by atoms with Crippen LogP contribution in [-0.4, -0.2) is 21.3 Å². The number of benzene rings is 6. The molecule has 4 nitrogen and oxygen atoms in total. The first-order valence-electron chi connectivity index (χ1n) is 12.4. The Labute approximate surface area is 221 Å². The van der Waals surface area contributed by atoms with Gasteiger partial charge in [0.25, 0.3) is 0 Å². The van der Waals surface area contributed by atoms with Crippen molar-refractivity contribution in [2.24, 2.45) is 0 Å². The maximum atomic E-state index is 15.4. The number of hydrogen-bond acceptors (Lipinski definition) is 4. The van der Waals surface area contributed by atoms with Crippen molar-refractivity contribution >= 4 is 55.4 Å². The zero-order valence-corrected chi connectivity index (χ0v) is 22.4. The maximum absolute atomic E-state index is 15.4. The Hall–Kier alpha value is -4.27. The van der Waals surface area contributed by atoms with Gasteiger partial charge >= 0.3 is 0 Å². The van der Waals surface area contributed by atoms with Gasteiger partial charge in [0.05, 0.1) is 21.3 Å². The smallest absolute Gasteiger partial charge is 0.171 e. The van der Waals surface area contributed by atoms with Crippen molar-refractivity contribution in [3.8, 4) is 17.2 Å². The Morgan fingerprint density at radius 3 is 0.947 bits per heavy atom. The fraction of sp³-hybridized carbons (Fsp3) is 0.0909. The Kier molecular flexibility index (Phi) is 6.06. The molecule has 0 N–H and O–H groups in total. The molecule has 0 aliphatic rings. The first-order chi connectivity index (χ1) is 18.5. The van der Waals surface area contributed by atoms with E-state index in [-0.39, 0.29) is 0 Å². The van der Waals surface area contributed by atoms with Crippen molar-refractivity contribution in [3.63, 3.8) is 0 Å². The SMILES string of the molecule is COc1ccc2cc(P(=O)(c3ccc4cc(OC)ccc4c3)c3ccc4cc(OC)ccc4c3)ccc2c1. The third-order valence-electron chi connectivity index (χ3n) is 7.18. The number of rotatable bonds is 6. The van der Waals surface area contributed by atoms with Crippen molar-refractivity contribution in [1.29, 1.82) is 0 Å². The lowest BCUT2D eigenvalue weighted by Gasteiger charge is -2.22. The normalized spacial score (nSPS) is 11.7. The fourth-order valence-electron chi connectivity index (χ4n) is 5.05. The zero-order chi connectivity index (χ0) is 26.3. The Balaban J connectivity index is 1.59. The highest BCUT2D eigenvalue weighted by atomic mass is 31.2. The minimum Gasteiger partial charge on any atom is -0.497 e. The van der Waals surface area contributed by atoms with E-state index in [0.717, 1.165) is 65.5 Å². The molecule has 0 heterocycles. The summed E-state index contributed by atoms with van der Waals surface area (Å²) in [5.41, 5.74) is 0. The van der Waals surface area contributed by atoms with E-state index < -0.39 is 7.14 Å². The average molecular weight is 519 g/mol. The van der Waals surface area contributed by atoms with Crippen LogP contribution in [0.3, 0.4) is 0 Å². The summed E-state index contributed by atoms with van der Waals surface area (Å²) >= 11 is 0. The first kappa shape index (κ1) is 24.1. The van der Waals surface area contributed by atoms with Gasteiger partial charge < -0.3 is 18.8 Å². The summed E-state index contributed by atoms with van der Waals surface area (Å²) in [5.74, 6) is 2.38. The van der Waals surface area contributed by atoms with Gasteiger partial charge in [-0.3, -0.25) is 0 Å². The van der Waals surface area contributed by atoms with Crippen molar-refractivity contribution < 1.29 is 18.8 Å². The second-order valence-corrected chi connectivity index (χ2v) is 12.1. The van der Waals surface area contributed by atoms with Gasteiger partial charge in [0, 0.05) is 15.9 Å². The second kappa shape index (κ2) is 9.55. The van der Waals surface area contributed by atoms with E-state index in [1.165, 1.54) is 0 Å². The van der Waals surface area contributed by atoms with Gasteiger partial charge in [-0.05, 0) is 86.9 Å². The molecule has 188 valence electrons. The van der Waals surface area contributed by atoms with Crippen molar-refractivity contribution in [1.82, 2.24) is 0 Å². The van der Waals surface area contributed by atoms with Crippen LogP contribution < -0.4 is 30.1 Å². The Bertz CT molecular complexity index is 1660. The number of hydrogen-bond donors (Lipinski definition) is 0. The van der Waals surface area contributed by atoms with Crippen LogP contribution in [0.5, 0.6) is 17.2 Å². The Morgan fingerprint density at radius 2 is 0.658 bits per heavy atom. The lowest BCUT2D eigenvalue weighted by molar-refractivity contribution is 0.415. The molecule has 0 unspecified atom stereocenters. The highest BCUT2D eigenvalue weighted by molar-refractivity contribution is 7.85. The number of ether oxygens (including phenoxy) is 3. The molecule has 5 heteroatoms. The van der Waals surface area contributed by atoms with Crippen LogP contribution in [0, 0.1) is 0 Å². The second-order valence-electron chi connectivity index (χ2n) is 9.30. The molecule has 0 atom stereocenters. The summed E-state index contributed by atoms with van der Waals surface area (Å²) in [6, 6.07) is 36.0. The van der Waals surface area contributed by atoms with Crippen LogP contribution in [0.1, 0.15) is 0 Å². The lowest BCUT2D eigenvalue weighted by Crippen LogP contribution is -2.25. The molecule has 6 aromatic carbocycles. The summed E-state index contributed by atoms with van der Waals surface area (Å²) in [7, 11) is 1.74. The molecule has 0 amide bonds. The van der Waals surface area contributed by atoms with Crippen molar-refractivity contribution in [3.05, 3.63) is 109 Å². The minimum atomic E-state index is -3.24. The quantitative estimate of drug-likeness (QED) is 0.227. The monoisotopic (exact) mass is 518 g/mol. The zero-order valence-electron chi connectivity index (χ0n) is 21.5. The van der Waals surface area contributed by atoms with Crippen molar-refractivity contribution in [2.45, 2.75) is 0 Å². The first-order valence-corrected chi connectivity index (χ1v) is 14.1. The third-order valence-corrected chi connectivity index (χ3v) is 10.2. The molecule has 0 aliphatic heterocycles. The van der Waals surface area contributed by atoms with E-state index in [2.05, 4.69) is 0 Å². The average Bonchev–Trinajstić information content (AvgIpc) is 2.98. The fourth-order valence-corrected chi connectivity index (χ4v) is 7.76. The molecule has 0 bridgehead atoms.